The summed E-state index contributed by atoms with van der Waals surface area (Å²) in [5, 5.41) is 2.98. The molecular formula is C19H21N5O2. The fraction of sp³-hybridized carbons (Fsp3) is 0.316. The molecule has 0 radical (unpaired) electrons. The Balaban J connectivity index is 1.41. The molecule has 7 heteroatoms. The van der Waals surface area contributed by atoms with Crippen LogP contribution in [0.4, 0.5) is 0 Å². The van der Waals surface area contributed by atoms with Crippen molar-refractivity contribution in [3.8, 4) is 0 Å². The summed E-state index contributed by atoms with van der Waals surface area (Å²) < 4.78 is 1.45. The van der Waals surface area contributed by atoms with Gasteiger partial charge in [0.2, 0.25) is 0 Å². The van der Waals surface area contributed by atoms with E-state index in [1.165, 1.54) is 4.52 Å². The molecule has 3 aromatic rings. The van der Waals surface area contributed by atoms with Crippen LogP contribution < -0.4 is 5.56 Å². The lowest BCUT2D eigenvalue weighted by Gasteiger charge is -2.34. The number of hydrogen-bond acceptors (Lipinski definition) is 4. The number of piperazine rings is 1. The molecular weight excluding hydrogens is 330 g/mol. The number of carbonyl (C=O) groups excluding carboxylic acids is 1. The van der Waals surface area contributed by atoms with E-state index in [0.29, 0.717) is 25.3 Å². The number of amides is 1. The van der Waals surface area contributed by atoms with Gasteiger partial charge >= 0.3 is 0 Å². The smallest absolute Gasteiger partial charge is 0.272 e. The van der Waals surface area contributed by atoms with Crippen LogP contribution in [0.1, 0.15) is 21.7 Å². The fourth-order valence-corrected chi connectivity index (χ4v) is 3.34. The summed E-state index contributed by atoms with van der Waals surface area (Å²) in [7, 11) is 0. The molecule has 1 aliphatic rings. The molecule has 1 aliphatic heterocycles. The van der Waals surface area contributed by atoms with Gasteiger partial charge in [0, 0.05) is 56.1 Å². The number of nitrogens with zero attached hydrogens (tertiary/aromatic N) is 4. The summed E-state index contributed by atoms with van der Waals surface area (Å²) in [6.45, 7) is 5.41. The van der Waals surface area contributed by atoms with Gasteiger partial charge in [-0.25, -0.2) is 9.50 Å². The largest absolute Gasteiger partial charge is 0.336 e. The van der Waals surface area contributed by atoms with Gasteiger partial charge in [0.25, 0.3) is 11.5 Å². The van der Waals surface area contributed by atoms with Crippen LogP contribution in [0.15, 0.2) is 47.3 Å². The SMILES string of the molecule is Cc1cc2nc(CN3CCN(C(=O)c4ccccc4)CC3)cc(=O)n2[nH]1. The van der Waals surface area contributed by atoms with Crippen LogP contribution in [0.25, 0.3) is 5.65 Å². The van der Waals surface area contributed by atoms with Gasteiger partial charge in [-0.15, -0.1) is 0 Å². The van der Waals surface area contributed by atoms with Crippen LogP contribution in [0.3, 0.4) is 0 Å². The molecule has 1 amide bonds. The molecule has 2 aromatic heterocycles. The molecule has 1 N–H and O–H groups in total. The van der Waals surface area contributed by atoms with Crippen molar-refractivity contribution in [3.05, 3.63) is 69.8 Å². The highest BCUT2D eigenvalue weighted by atomic mass is 16.2. The lowest BCUT2D eigenvalue weighted by Crippen LogP contribution is -2.48. The molecule has 1 fully saturated rings. The predicted octanol–water partition coefficient (Wildman–Crippen LogP) is 1.29. The highest BCUT2D eigenvalue weighted by molar-refractivity contribution is 5.94. The molecule has 7 nitrogen and oxygen atoms in total. The van der Waals surface area contributed by atoms with Crippen molar-refractivity contribution in [2.75, 3.05) is 26.2 Å². The average Bonchev–Trinajstić information content (AvgIpc) is 3.03. The first-order valence-electron chi connectivity index (χ1n) is 8.75. The Morgan fingerprint density at radius 1 is 1.12 bits per heavy atom. The molecule has 0 atom stereocenters. The molecule has 3 heterocycles. The fourth-order valence-electron chi connectivity index (χ4n) is 3.34. The van der Waals surface area contributed by atoms with E-state index in [1.807, 2.05) is 48.2 Å². The molecule has 134 valence electrons. The second-order valence-corrected chi connectivity index (χ2v) is 6.65. The van der Waals surface area contributed by atoms with Crippen LogP contribution in [0, 0.1) is 6.92 Å². The van der Waals surface area contributed by atoms with Crippen LogP contribution in [-0.2, 0) is 6.54 Å². The summed E-state index contributed by atoms with van der Waals surface area (Å²) in [4.78, 5) is 33.4. The minimum atomic E-state index is -0.101. The third-order valence-corrected chi connectivity index (χ3v) is 4.70. The van der Waals surface area contributed by atoms with Crippen molar-refractivity contribution in [3.63, 3.8) is 0 Å². The van der Waals surface area contributed by atoms with Gasteiger partial charge in [-0.1, -0.05) is 18.2 Å². The Morgan fingerprint density at radius 2 is 1.85 bits per heavy atom. The summed E-state index contributed by atoms with van der Waals surface area (Å²) in [5.41, 5.74) is 2.93. The van der Waals surface area contributed by atoms with Crippen LogP contribution in [0.2, 0.25) is 0 Å². The van der Waals surface area contributed by atoms with E-state index >= 15 is 0 Å². The lowest BCUT2D eigenvalue weighted by atomic mass is 10.2. The summed E-state index contributed by atoms with van der Waals surface area (Å²) in [6, 6.07) is 12.8. The van der Waals surface area contributed by atoms with E-state index in [-0.39, 0.29) is 11.5 Å². The van der Waals surface area contributed by atoms with Crippen molar-refractivity contribution in [1.82, 2.24) is 24.4 Å². The van der Waals surface area contributed by atoms with Crippen molar-refractivity contribution in [2.24, 2.45) is 0 Å². The van der Waals surface area contributed by atoms with E-state index < -0.39 is 0 Å². The van der Waals surface area contributed by atoms with Gasteiger partial charge in [-0.3, -0.25) is 19.6 Å². The maximum absolute atomic E-state index is 12.5. The first-order valence-corrected chi connectivity index (χ1v) is 8.75. The quantitative estimate of drug-likeness (QED) is 0.772. The van der Waals surface area contributed by atoms with Gasteiger partial charge in [0.05, 0.1) is 5.69 Å². The number of aryl methyl sites for hydroxylation is 1. The highest BCUT2D eigenvalue weighted by Gasteiger charge is 2.22. The molecule has 1 aromatic carbocycles. The Hall–Kier alpha value is -2.93. The van der Waals surface area contributed by atoms with Crippen LogP contribution in [-0.4, -0.2) is 56.5 Å². The number of aromatic amines is 1. The number of fused-ring (bicyclic) bond motifs is 1. The molecule has 26 heavy (non-hydrogen) atoms. The Labute approximate surface area is 150 Å². The number of H-pyrrole nitrogens is 1. The van der Waals surface area contributed by atoms with E-state index in [9.17, 15) is 9.59 Å². The number of aromatic nitrogens is 3. The molecule has 0 bridgehead atoms. The number of carbonyl (C=O) groups is 1. The number of nitrogens with one attached hydrogen (secondary N) is 1. The first kappa shape index (κ1) is 16.5. The Bertz CT molecular complexity index is 984. The van der Waals surface area contributed by atoms with Gasteiger partial charge in [-0.2, -0.15) is 0 Å². The summed E-state index contributed by atoms with van der Waals surface area (Å²) in [5.74, 6) is 0.0748. The molecule has 1 saturated heterocycles. The zero-order valence-corrected chi connectivity index (χ0v) is 14.7. The highest BCUT2D eigenvalue weighted by Crippen LogP contribution is 2.11. The predicted molar refractivity (Wildman–Crippen MR) is 98.2 cm³/mol. The van der Waals surface area contributed by atoms with Crippen molar-refractivity contribution in [2.45, 2.75) is 13.5 Å². The number of hydrogen-bond donors (Lipinski definition) is 1. The maximum atomic E-state index is 12.5. The van der Waals surface area contributed by atoms with Gasteiger partial charge < -0.3 is 4.90 Å². The van der Waals surface area contributed by atoms with E-state index in [2.05, 4.69) is 15.0 Å². The number of rotatable bonds is 3. The van der Waals surface area contributed by atoms with E-state index in [0.717, 1.165) is 30.0 Å². The Kier molecular flexibility index (Phi) is 4.30. The van der Waals surface area contributed by atoms with Crippen molar-refractivity contribution < 1.29 is 4.79 Å². The van der Waals surface area contributed by atoms with Gasteiger partial charge in [-0.05, 0) is 19.1 Å². The normalized spacial score (nSPS) is 15.5. The molecule has 0 spiro atoms. The summed E-state index contributed by atoms with van der Waals surface area (Å²) in [6.07, 6.45) is 0. The van der Waals surface area contributed by atoms with Gasteiger partial charge in [0.1, 0.15) is 0 Å². The Morgan fingerprint density at radius 3 is 2.58 bits per heavy atom. The zero-order chi connectivity index (χ0) is 18.1. The second kappa shape index (κ2) is 6.76. The minimum absolute atomic E-state index is 0.0748. The minimum Gasteiger partial charge on any atom is -0.336 e. The van der Waals surface area contributed by atoms with Crippen molar-refractivity contribution >= 4 is 11.6 Å². The second-order valence-electron chi connectivity index (χ2n) is 6.65. The standard InChI is InChI=1S/C19H21N5O2/c1-14-11-17-20-16(12-18(25)24(17)21-14)13-22-7-9-23(10-8-22)19(26)15-5-3-2-4-6-15/h2-6,11-12,21H,7-10,13H2,1H3. The van der Waals surface area contributed by atoms with Crippen molar-refractivity contribution in [1.29, 1.82) is 0 Å². The summed E-state index contributed by atoms with van der Waals surface area (Å²) >= 11 is 0. The van der Waals surface area contributed by atoms with E-state index in [4.69, 9.17) is 0 Å². The van der Waals surface area contributed by atoms with Gasteiger partial charge in [0.15, 0.2) is 5.65 Å². The topological polar surface area (TPSA) is 73.7 Å². The van der Waals surface area contributed by atoms with Crippen LogP contribution in [0.5, 0.6) is 0 Å². The maximum Gasteiger partial charge on any atom is 0.272 e. The lowest BCUT2D eigenvalue weighted by molar-refractivity contribution is 0.0627. The zero-order valence-electron chi connectivity index (χ0n) is 14.7. The molecule has 0 saturated carbocycles. The molecule has 0 aliphatic carbocycles. The average molecular weight is 351 g/mol. The van der Waals surface area contributed by atoms with E-state index in [1.54, 1.807) is 6.07 Å². The third kappa shape index (κ3) is 3.25. The van der Waals surface area contributed by atoms with Crippen LogP contribution >= 0.6 is 0 Å². The third-order valence-electron chi connectivity index (χ3n) is 4.70. The number of benzene rings is 1. The monoisotopic (exact) mass is 351 g/mol. The molecule has 4 rings (SSSR count). The molecule has 0 unspecified atom stereocenters. The first-order chi connectivity index (χ1) is 12.6.